The molecule has 0 saturated carbocycles. The highest BCUT2D eigenvalue weighted by molar-refractivity contribution is 6.35. The van der Waals surface area contributed by atoms with Gasteiger partial charge in [0.25, 0.3) is 0 Å². The summed E-state index contributed by atoms with van der Waals surface area (Å²) in [5, 5.41) is 4.04. The van der Waals surface area contributed by atoms with E-state index in [0.29, 0.717) is 42.5 Å². The van der Waals surface area contributed by atoms with E-state index >= 15 is 0 Å². The number of nitrogens with one attached hydrogen (secondary N) is 1. The van der Waals surface area contributed by atoms with Crippen LogP contribution < -0.4 is 5.32 Å². The molecule has 2 amide bonds. The number of halogens is 2. The van der Waals surface area contributed by atoms with Gasteiger partial charge in [-0.05, 0) is 30.5 Å². The predicted molar refractivity (Wildman–Crippen MR) is 90.3 cm³/mol. The molecule has 0 heterocycles. The number of nitrogens with zero attached hydrogens (tertiary/aromatic N) is 1. The molecule has 0 atom stereocenters. The highest BCUT2D eigenvalue weighted by Gasteiger charge is 2.10. The third-order valence-corrected chi connectivity index (χ3v) is 3.87. The Bertz CT molecular complexity index is 521. The molecule has 0 spiro atoms. The van der Waals surface area contributed by atoms with Gasteiger partial charge in [0.2, 0.25) is 11.8 Å². The van der Waals surface area contributed by atoms with Gasteiger partial charge in [0, 0.05) is 43.0 Å². The molecule has 0 unspecified atom stereocenters. The van der Waals surface area contributed by atoms with Crippen molar-refractivity contribution < 1.29 is 9.59 Å². The van der Waals surface area contributed by atoms with Gasteiger partial charge in [-0.15, -0.1) is 0 Å². The van der Waals surface area contributed by atoms with Gasteiger partial charge in [0.15, 0.2) is 0 Å². The minimum absolute atomic E-state index is 0.00240. The van der Waals surface area contributed by atoms with Crippen molar-refractivity contribution in [1.82, 2.24) is 10.2 Å². The largest absolute Gasteiger partial charge is 0.356 e. The Morgan fingerprint density at radius 3 is 2.55 bits per heavy atom. The van der Waals surface area contributed by atoms with Crippen LogP contribution in [0.15, 0.2) is 18.2 Å². The molecular weight excluding hydrogens is 323 g/mol. The van der Waals surface area contributed by atoms with E-state index in [1.165, 1.54) is 6.92 Å². The summed E-state index contributed by atoms with van der Waals surface area (Å²) in [6, 6.07) is 5.32. The molecule has 0 fully saturated rings. The van der Waals surface area contributed by atoms with Crippen LogP contribution in [0.25, 0.3) is 0 Å². The summed E-state index contributed by atoms with van der Waals surface area (Å²) in [6.45, 7) is 5.18. The average molecular weight is 345 g/mol. The van der Waals surface area contributed by atoms with E-state index in [4.69, 9.17) is 23.2 Å². The number of benzene rings is 1. The molecule has 1 aromatic carbocycles. The first kappa shape index (κ1) is 18.8. The Kier molecular flexibility index (Phi) is 8.28. The normalized spacial score (nSPS) is 10.4. The fourth-order valence-electron chi connectivity index (χ4n) is 2.08. The van der Waals surface area contributed by atoms with Crippen LogP contribution in [0, 0.1) is 0 Å². The highest BCUT2D eigenvalue weighted by atomic mass is 35.5. The summed E-state index contributed by atoms with van der Waals surface area (Å²) < 4.78 is 0. The van der Waals surface area contributed by atoms with Gasteiger partial charge in [-0.3, -0.25) is 9.59 Å². The Balaban J connectivity index is 2.32. The van der Waals surface area contributed by atoms with Gasteiger partial charge in [0.05, 0.1) is 0 Å². The summed E-state index contributed by atoms with van der Waals surface area (Å²) in [5.74, 6) is -0.0602. The molecule has 0 radical (unpaired) electrons. The molecule has 1 aromatic rings. The zero-order valence-corrected chi connectivity index (χ0v) is 14.5. The van der Waals surface area contributed by atoms with Gasteiger partial charge < -0.3 is 10.2 Å². The lowest BCUT2D eigenvalue weighted by Gasteiger charge is -2.19. The standard InChI is InChI=1S/C16H22Cl2N2O2/c1-3-9-20(12(2)21)10-7-16(22)19-8-6-13-4-5-14(17)11-15(13)18/h4-5,11H,3,6-10H2,1-2H3,(H,19,22). The van der Waals surface area contributed by atoms with Gasteiger partial charge in [-0.25, -0.2) is 0 Å². The number of carbonyl (C=O) groups is 2. The van der Waals surface area contributed by atoms with E-state index in [0.717, 1.165) is 12.0 Å². The molecule has 22 heavy (non-hydrogen) atoms. The van der Waals surface area contributed by atoms with Crippen molar-refractivity contribution in [2.75, 3.05) is 19.6 Å². The van der Waals surface area contributed by atoms with Crippen molar-refractivity contribution in [3.05, 3.63) is 33.8 Å². The lowest BCUT2D eigenvalue weighted by atomic mass is 10.1. The van der Waals surface area contributed by atoms with Crippen LogP contribution in [-0.4, -0.2) is 36.3 Å². The average Bonchev–Trinajstić information content (AvgIpc) is 2.45. The lowest BCUT2D eigenvalue weighted by molar-refractivity contribution is -0.129. The molecule has 6 heteroatoms. The second-order valence-electron chi connectivity index (χ2n) is 5.09. The summed E-state index contributed by atoms with van der Waals surface area (Å²) >= 11 is 11.9. The van der Waals surface area contributed by atoms with Crippen LogP contribution in [-0.2, 0) is 16.0 Å². The number of amides is 2. The Hall–Kier alpha value is -1.26. The lowest BCUT2D eigenvalue weighted by Crippen LogP contribution is -2.34. The minimum atomic E-state index is -0.0626. The molecule has 1 N–H and O–H groups in total. The van der Waals surface area contributed by atoms with Crippen LogP contribution in [0.3, 0.4) is 0 Å². The molecule has 122 valence electrons. The molecular formula is C16H22Cl2N2O2. The van der Waals surface area contributed by atoms with E-state index in [1.807, 2.05) is 13.0 Å². The molecule has 0 aliphatic rings. The summed E-state index contributed by atoms with van der Waals surface area (Å²) in [5.41, 5.74) is 0.947. The van der Waals surface area contributed by atoms with Gasteiger partial charge in [-0.2, -0.15) is 0 Å². The van der Waals surface area contributed by atoms with Crippen LogP contribution in [0.1, 0.15) is 32.3 Å². The first-order valence-electron chi connectivity index (χ1n) is 7.40. The topological polar surface area (TPSA) is 49.4 Å². The summed E-state index contributed by atoms with van der Waals surface area (Å²) in [6.07, 6.45) is 1.84. The van der Waals surface area contributed by atoms with Crippen molar-refractivity contribution in [2.24, 2.45) is 0 Å². The smallest absolute Gasteiger partial charge is 0.221 e. The third kappa shape index (κ3) is 6.67. The van der Waals surface area contributed by atoms with Crippen LogP contribution in [0.4, 0.5) is 0 Å². The van der Waals surface area contributed by atoms with Crippen molar-refractivity contribution in [3.8, 4) is 0 Å². The summed E-state index contributed by atoms with van der Waals surface area (Å²) in [7, 11) is 0. The van der Waals surface area contributed by atoms with E-state index in [-0.39, 0.29) is 11.8 Å². The maximum Gasteiger partial charge on any atom is 0.221 e. The maximum atomic E-state index is 11.8. The molecule has 4 nitrogen and oxygen atoms in total. The highest BCUT2D eigenvalue weighted by Crippen LogP contribution is 2.20. The van der Waals surface area contributed by atoms with E-state index in [9.17, 15) is 9.59 Å². The van der Waals surface area contributed by atoms with Crippen molar-refractivity contribution in [1.29, 1.82) is 0 Å². The zero-order valence-electron chi connectivity index (χ0n) is 13.0. The Morgan fingerprint density at radius 2 is 1.95 bits per heavy atom. The first-order chi connectivity index (χ1) is 10.4. The molecule has 0 aliphatic heterocycles. The molecule has 0 aliphatic carbocycles. The van der Waals surface area contributed by atoms with Gasteiger partial charge >= 0.3 is 0 Å². The molecule has 0 aromatic heterocycles. The first-order valence-corrected chi connectivity index (χ1v) is 8.15. The predicted octanol–water partition coefficient (Wildman–Crippen LogP) is 3.30. The second kappa shape index (κ2) is 9.70. The third-order valence-electron chi connectivity index (χ3n) is 3.28. The summed E-state index contributed by atoms with van der Waals surface area (Å²) in [4.78, 5) is 24.9. The van der Waals surface area contributed by atoms with Crippen molar-refractivity contribution >= 4 is 35.0 Å². The van der Waals surface area contributed by atoms with Gasteiger partial charge in [-0.1, -0.05) is 36.2 Å². The van der Waals surface area contributed by atoms with E-state index in [2.05, 4.69) is 5.32 Å². The van der Waals surface area contributed by atoms with Crippen molar-refractivity contribution in [3.63, 3.8) is 0 Å². The maximum absolute atomic E-state index is 11.8. The Morgan fingerprint density at radius 1 is 1.23 bits per heavy atom. The van der Waals surface area contributed by atoms with Gasteiger partial charge in [0.1, 0.15) is 0 Å². The van der Waals surface area contributed by atoms with Crippen LogP contribution in [0.2, 0.25) is 10.0 Å². The number of hydrogen-bond donors (Lipinski definition) is 1. The van der Waals surface area contributed by atoms with Crippen molar-refractivity contribution in [2.45, 2.75) is 33.1 Å². The fraction of sp³-hybridized carbons (Fsp3) is 0.500. The monoisotopic (exact) mass is 344 g/mol. The number of carbonyl (C=O) groups excluding carboxylic acids is 2. The van der Waals surface area contributed by atoms with Crippen LogP contribution in [0.5, 0.6) is 0 Å². The molecule has 1 rings (SSSR count). The Labute approximate surface area is 141 Å². The van der Waals surface area contributed by atoms with E-state index in [1.54, 1.807) is 17.0 Å². The van der Waals surface area contributed by atoms with Crippen LogP contribution >= 0.6 is 23.2 Å². The fourth-order valence-corrected chi connectivity index (χ4v) is 2.59. The SMILES string of the molecule is CCCN(CCC(=O)NCCc1ccc(Cl)cc1Cl)C(C)=O. The number of hydrogen-bond acceptors (Lipinski definition) is 2. The quantitative estimate of drug-likeness (QED) is 0.786. The number of rotatable bonds is 8. The molecule has 0 saturated heterocycles. The zero-order chi connectivity index (χ0) is 16.5. The molecule has 0 bridgehead atoms. The minimum Gasteiger partial charge on any atom is -0.356 e. The van der Waals surface area contributed by atoms with E-state index < -0.39 is 0 Å². The second-order valence-corrected chi connectivity index (χ2v) is 5.94.